The van der Waals surface area contributed by atoms with Crippen LogP contribution in [0.1, 0.15) is 38.1 Å². The third-order valence-corrected chi connectivity index (χ3v) is 6.98. The standard InChI is InChI=1S/C21H28FN3O3S/c1-4-29(27,28)24(14-16(2)3)15-20(26)25-13-12-23-11-5-6-19(23)21(25)17-7-9-18(22)10-8-17/h5-11,16,21H,4,12-15H2,1-3H3. The van der Waals surface area contributed by atoms with Crippen molar-refractivity contribution < 1.29 is 17.6 Å². The van der Waals surface area contributed by atoms with Gasteiger partial charge >= 0.3 is 0 Å². The molecule has 8 heteroatoms. The molecule has 0 aliphatic carbocycles. The maximum atomic E-state index is 13.4. The van der Waals surface area contributed by atoms with Gasteiger partial charge in [-0.1, -0.05) is 26.0 Å². The lowest BCUT2D eigenvalue weighted by Gasteiger charge is -2.38. The lowest BCUT2D eigenvalue weighted by molar-refractivity contribution is -0.134. The van der Waals surface area contributed by atoms with E-state index in [4.69, 9.17) is 0 Å². The Bertz CT molecular complexity index is 954. The molecule has 3 rings (SSSR count). The Morgan fingerprint density at radius 2 is 1.90 bits per heavy atom. The van der Waals surface area contributed by atoms with Crippen LogP contribution in [0.5, 0.6) is 0 Å². The Kier molecular flexibility index (Phi) is 6.43. The average molecular weight is 422 g/mol. The molecule has 0 bridgehead atoms. The average Bonchev–Trinajstić information content (AvgIpc) is 3.15. The molecule has 0 saturated heterocycles. The van der Waals surface area contributed by atoms with Gasteiger partial charge in [-0.2, -0.15) is 4.31 Å². The van der Waals surface area contributed by atoms with Gasteiger partial charge in [0.2, 0.25) is 15.9 Å². The third-order valence-electron chi connectivity index (χ3n) is 5.18. The SMILES string of the molecule is CCS(=O)(=O)N(CC(=O)N1CCn2cccc2C1c1ccc(F)cc1)CC(C)C. The molecule has 1 aliphatic heterocycles. The molecule has 1 aromatic heterocycles. The van der Waals surface area contributed by atoms with Crippen molar-refractivity contribution in [1.82, 2.24) is 13.8 Å². The molecule has 1 atom stereocenters. The highest BCUT2D eigenvalue weighted by Crippen LogP contribution is 2.32. The van der Waals surface area contributed by atoms with E-state index in [1.807, 2.05) is 32.2 Å². The van der Waals surface area contributed by atoms with Gasteiger partial charge in [-0.05, 0) is 42.7 Å². The Labute approximate surface area is 172 Å². The van der Waals surface area contributed by atoms with Crippen LogP contribution in [0.3, 0.4) is 0 Å². The van der Waals surface area contributed by atoms with Crippen LogP contribution in [-0.4, -0.2) is 53.5 Å². The van der Waals surface area contributed by atoms with Crippen molar-refractivity contribution in [2.24, 2.45) is 5.92 Å². The zero-order valence-corrected chi connectivity index (χ0v) is 17.9. The number of benzene rings is 1. The summed E-state index contributed by atoms with van der Waals surface area (Å²) in [5.41, 5.74) is 1.73. The van der Waals surface area contributed by atoms with E-state index < -0.39 is 10.0 Å². The van der Waals surface area contributed by atoms with Crippen LogP contribution in [0.25, 0.3) is 0 Å². The van der Waals surface area contributed by atoms with Gasteiger partial charge < -0.3 is 9.47 Å². The summed E-state index contributed by atoms with van der Waals surface area (Å²) in [4.78, 5) is 15.0. The van der Waals surface area contributed by atoms with Gasteiger partial charge in [0.25, 0.3) is 0 Å². The van der Waals surface area contributed by atoms with E-state index in [0.717, 1.165) is 11.3 Å². The van der Waals surface area contributed by atoms with Gasteiger partial charge in [-0.15, -0.1) is 0 Å². The summed E-state index contributed by atoms with van der Waals surface area (Å²) < 4.78 is 41.8. The first-order valence-corrected chi connectivity index (χ1v) is 11.5. The number of carbonyl (C=O) groups is 1. The van der Waals surface area contributed by atoms with Gasteiger partial charge in [0, 0.05) is 31.5 Å². The number of amides is 1. The quantitative estimate of drug-likeness (QED) is 0.691. The molecular weight excluding hydrogens is 393 g/mol. The fourth-order valence-electron chi connectivity index (χ4n) is 3.76. The van der Waals surface area contributed by atoms with Crippen LogP contribution in [0.2, 0.25) is 0 Å². The first-order valence-electron chi connectivity index (χ1n) is 9.90. The molecule has 1 amide bonds. The summed E-state index contributed by atoms with van der Waals surface area (Å²) in [5, 5.41) is 0. The molecule has 1 aromatic carbocycles. The number of rotatable bonds is 7. The predicted octanol–water partition coefficient (Wildman–Crippen LogP) is 2.87. The van der Waals surface area contributed by atoms with Crippen LogP contribution in [0, 0.1) is 11.7 Å². The van der Waals surface area contributed by atoms with E-state index >= 15 is 0 Å². The minimum Gasteiger partial charge on any atom is -0.348 e. The molecule has 0 spiro atoms. The highest BCUT2D eigenvalue weighted by Gasteiger charge is 2.34. The maximum Gasteiger partial charge on any atom is 0.238 e. The van der Waals surface area contributed by atoms with Crippen molar-refractivity contribution in [3.05, 3.63) is 59.7 Å². The molecule has 2 heterocycles. The highest BCUT2D eigenvalue weighted by atomic mass is 32.2. The molecule has 0 saturated carbocycles. The normalized spacial score (nSPS) is 17.0. The highest BCUT2D eigenvalue weighted by molar-refractivity contribution is 7.89. The van der Waals surface area contributed by atoms with E-state index in [0.29, 0.717) is 19.6 Å². The summed E-state index contributed by atoms with van der Waals surface area (Å²) >= 11 is 0. The second-order valence-electron chi connectivity index (χ2n) is 7.75. The minimum absolute atomic E-state index is 0.0444. The second kappa shape index (κ2) is 8.67. The molecule has 158 valence electrons. The third kappa shape index (κ3) is 4.70. The first kappa shape index (κ1) is 21.5. The lowest BCUT2D eigenvalue weighted by Crippen LogP contribution is -2.48. The van der Waals surface area contributed by atoms with Gasteiger partial charge in [0.05, 0.1) is 18.3 Å². The Morgan fingerprint density at radius 1 is 1.21 bits per heavy atom. The van der Waals surface area contributed by atoms with Crippen molar-refractivity contribution in [3.63, 3.8) is 0 Å². The molecule has 0 radical (unpaired) electrons. The van der Waals surface area contributed by atoms with E-state index in [9.17, 15) is 17.6 Å². The first-order chi connectivity index (χ1) is 13.7. The van der Waals surface area contributed by atoms with Gasteiger partial charge in [0.15, 0.2) is 0 Å². The van der Waals surface area contributed by atoms with Gasteiger partial charge in [0.1, 0.15) is 5.82 Å². The molecule has 0 fully saturated rings. The fourth-order valence-corrected chi connectivity index (χ4v) is 4.95. The van der Waals surface area contributed by atoms with E-state index in [1.54, 1.807) is 24.0 Å². The summed E-state index contributed by atoms with van der Waals surface area (Å²) in [7, 11) is -3.50. The Balaban J connectivity index is 1.92. The van der Waals surface area contributed by atoms with E-state index in [1.165, 1.54) is 16.4 Å². The number of carbonyl (C=O) groups excluding carboxylic acids is 1. The topological polar surface area (TPSA) is 62.6 Å². The largest absolute Gasteiger partial charge is 0.348 e. The number of hydrogen-bond acceptors (Lipinski definition) is 3. The maximum absolute atomic E-state index is 13.4. The van der Waals surface area contributed by atoms with Gasteiger partial charge in [-0.3, -0.25) is 4.79 Å². The minimum atomic E-state index is -3.50. The number of nitrogens with zero attached hydrogens (tertiary/aromatic N) is 3. The van der Waals surface area contributed by atoms with Crippen LogP contribution >= 0.6 is 0 Å². The monoisotopic (exact) mass is 421 g/mol. The van der Waals surface area contributed by atoms with E-state index in [-0.39, 0.29) is 36.0 Å². The van der Waals surface area contributed by atoms with Crippen LogP contribution in [-0.2, 0) is 21.4 Å². The smallest absolute Gasteiger partial charge is 0.238 e. The van der Waals surface area contributed by atoms with Crippen molar-refractivity contribution in [1.29, 1.82) is 0 Å². The zero-order chi connectivity index (χ0) is 21.2. The van der Waals surface area contributed by atoms with Crippen molar-refractivity contribution >= 4 is 15.9 Å². The summed E-state index contributed by atoms with van der Waals surface area (Å²) in [6.45, 7) is 6.65. The molecular formula is C21H28FN3O3S. The predicted molar refractivity (Wildman–Crippen MR) is 110 cm³/mol. The second-order valence-corrected chi connectivity index (χ2v) is 10.0. The van der Waals surface area contributed by atoms with E-state index in [2.05, 4.69) is 4.57 Å². The fraction of sp³-hybridized carbons (Fsp3) is 0.476. The Hall–Kier alpha value is -2.19. The number of sulfonamides is 1. The summed E-state index contributed by atoms with van der Waals surface area (Å²) in [6.07, 6.45) is 1.96. The number of fused-ring (bicyclic) bond motifs is 1. The molecule has 1 aliphatic rings. The van der Waals surface area contributed by atoms with Crippen LogP contribution in [0.4, 0.5) is 4.39 Å². The zero-order valence-electron chi connectivity index (χ0n) is 17.1. The number of hydrogen-bond donors (Lipinski definition) is 0. The summed E-state index contributed by atoms with van der Waals surface area (Å²) in [6, 6.07) is 9.61. The summed E-state index contributed by atoms with van der Waals surface area (Å²) in [5.74, 6) is -0.521. The molecule has 1 unspecified atom stereocenters. The molecule has 2 aromatic rings. The number of halogens is 1. The Morgan fingerprint density at radius 3 is 2.52 bits per heavy atom. The van der Waals surface area contributed by atoms with Crippen molar-refractivity contribution in [3.8, 4) is 0 Å². The van der Waals surface area contributed by atoms with Crippen molar-refractivity contribution in [2.45, 2.75) is 33.4 Å². The van der Waals surface area contributed by atoms with Crippen LogP contribution < -0.4 is 0 Å². The molecule has 6 nitrogen and oxygen atoms in total. The van der Waals surface area contributed by atoms with Crippen LogP contribution in [0.15, 0.2) is 42.6 Å². The van der Waals surface area contributed by atoms with Gasteiger partial charge in [-0.25, -0.2) is 12.8 Å². The number of aromatic nitrogens is 1. The molecule has 29 heavy (non-hydrogen) atoms. The van der Waals surface area contributed by atoms with Crippen molar-refractivity contribution in [2.75, 3.05) is 25.4 Å². The lowest BCUT2D eigenvalue weighted by atomic mass is 9.99. The molecule has 0 N–H and O–H groups in total.